The van der Waals surface area contributed by atoms with Gasteiger partial charge in [0.25, 0.3) is 16.0 Å². The molecule has 0 bridgehead atoms. The van der Waals surface area contributed by atoms with E-state index >= 15 is 0 Å². The van der Waals surface area contributed by atoms with Gasteiger partial charge in [0, 0.05) is 23.3 Å². The van der Waals surface area contributed by atoms with Gasteiger partial charge in [0.05, 0.1) is 22.7 Å². The van der Waals surface area contributed by atoms with Crippen molar-refractivity contribution in [2.75, 3.05) is 22.2 Å². The van der Waals surface area contributed by atoms with E-state index in [0.717, 1.165) is 16.9 Å². The number of benzene rings is 2. The quantitative estimate of drug-likeness (QED) is 0.508. The molecule has 7 nitrogen and oxygen atoms in total. The van der Waals surface area contributed by atoms with E-state index in [1.54, 1.807) is 6.08 Å². The summed E-state index contributed by atoms with van der Waals surface area (Å²) in [5, 5.41) is 5.83. The standard InChI is InChI=1S/C25H27N3O4S/c1-18-20(24(29)28(26-18)19-10-5-4-6-11-19)14-15-23-25(2,3)21-12-7-8-13-22(21)27(23)16-9-17-33(30,31)32/h4-8,10-15H,9,16-17H2,1-3H3,(H,30,31,32)/b20-14-,23-15+. The second kappa shape index (κ2) is 8.61. The van der Waals surface area contributed by atoms with E-state index < -0.39 is 10.1 Å². The molecule has 0 fully saturated rings. The van der Waals surface area contributed by atoms with Crippen LogP contribution in [0.4, 0.5) is 11.4 Å². The first-order valence-corrected chi connectivity index (χ1v) is 12.4. The Kier molecular flexibility index (Phi) is 5.99. The van der Waals surface area contributed by atoms with Gasteiger partial charge in [0.15, 0.2) is 0 Å². The third kappa shape index (κ3) is 4.49. The average molecular weight is 466 g/mol. The van der Waals surface area contributed by atoms with Crippen LogP contribution in [0, 0.1) is 0 Å². The number of anilines is 2. The fourth-order valence-corrected chi connectivity index (χ4v) is 4.90. The van der Waals surface area contributed by atoms with Crippen molar-refractivity contribution in [1.82, 2.24) is 0 Å². The van der Waals surface area contributed by atoms with E-state index in [1.807, 2.05) is 61.5 Å². The maximum Gasteiger partial charge on any atom is 0.280 e. The second-order valence-electron chi connectivity index (χ2n) is 8.70. The number of hydrazone groups is 1. The van der Waals surface area contributed by atoms with Gasteiger partial charge in [0.2, 0.25) is 0 Å². The maximum atomic E-state index is 13.1. The normalized spacial score (nSPS) is 20.0. The van der Waals surface area contributed by atoms with Gasteiger partial charge in [-0.05, 0) is 49.3 Å². The van der Waals surface area contributed by atoms with Crippen LogP contribution in [-0.4, -0.2) is 36.9 Å². The van der Waals surface area contributed by atoms with E-state index in [-0.39, 0.29) is 23.5 Å². The summed E-state index contributed by atoms with van der Waals surface area (Å²) in [7, 11) is -4.04. The maximum absolute atomic E-state index is 13.1. The van der Waals surface area contributed by atoms with E-state index in [2.05, 4.69) is 29.9 Å². The number of amides is 1. The Balaban J connectivity index is 1.68. The fourth-order valence-electron chi connectivity index (χ4n) is 4.40. The number of nitrogens with zero attached hydrogens (tertiary/aromatic N) is 3. The lowest BCUT2D eigenvalue weighted by Gasteiger charge is -2.27. The molecule has 1 N–H and O–H groups in total. The monoisotopic (exact) mass is 465 g/mol. The number of carbonyl (C=O) groups excluding carboxylic acids is 1. The average Bonchev–Trinajstić information content (AvgIpc) is 3.17. The van der Waals surface area contributed by atoms with Gasteiger partial charge in [-0.15, -0.1) is 0 Å². The molecule has 2 heterocycles. The smallest absolute Gasteiger partial charge is 0.280 e. The Hall–Kier alpha value is -3.23. The summed E-state index contributed by atoms with van der Waals surface area (Å²) >= 11 is 0. The zero-order valence-electron chi connectivity index (χ0n) is 18.9. The second-order valence-corrected chi connectivity index (χ2v) is 10.3. The zero-order chi connectivity index (χ0) is 23.8. The number of hydrogen-bond donors (Lipinski definition) is 1. The molecule has 0 radical (unpaired) electrons. The predicted molar refractivity (Wildman–Crippen MR) is 131 cm³/mol. The van der Waals surface area contributed by atoms with E-state index in [9.17, 15) is 13.2 Å². The molecule has 1 amide bonds. The van der Waals surface area contributed by atoms with Crippen molar-refractivity contribution >= 4 is 33.1 Å². The summed E-state index contributed by atoms with van der Waals surface area (Å²) in [6.45, 7) is 6.44. The molecule has 0 spiro atoms. The van der Waals surface area contributed by atoms with Gasteiger partial charge in [-0.1, -0.05) is 50.2 Å². The number of para-hydroxylation sites is 2. The lowest BCUT2D eigenvalue weighted by molar-refractivity contribution is -0.114. The molecule has 2 aromatic carbocycles. The molecule has 2 aliphatic rings. The third-order valence-corrected chi connectivity index (χ3v) is 6.86. The van der Waals surface area contributed by atoms with E-state index in [4.69, 9.17) is 4.55 Å². The van der Waals surface area contributed by atoms with Crippen molar-refractivity contribution in [2.24, 2.45) is 5.10 Å². The minimum absolute atomic E-state index is 0.193. The molecule has 0 aliphatic carbocycles. The van der Waals surface area contributed by atoms with Gasteiger partial charge in [0.1, 0.15) is 0 Å². The highest BCUT2D eigenvalue weighted by Gasteiger charge is 2.39. The Morgan fingerprint density at radius 2 is 1.70 bits per heavy atom. The van der Waals surface area contributed by atoms with Crippen LogP contribution in [0.3, 0.4) is 0 Å². The van der Waals surface area contributed by atoms with Crippen molar-refractivity contribution in [3.63, 3.8) is 0 Å². The summed E-state index contributed by atoms with van der Waals surface area (Å²) < 4.78 is 31.6. The highest BCUT2D eigenvalue weighted by Crippen LogP contribution is 2.47. The first kappa shape index (κ1) is 22.9. The van der Waals surface area contributed by atoms with Crippen LogP contribution < -0.4 is 9.91 Å². The first-order valence-electron chi connectivity index (χ1n) is 10.8. The lowest BCUT2D eigenvalue weighted by Crippen LogP contribution is -2.28. The molecule has 8 heteroatoms. The minimum Gasteiger partial charge on any atom is -0.344 e. The topological polar surface area (TPSA) is 90.3 Å². The highest BCUT2D eigenvalue weighted by atomic mass is 32.2. The zero-order valence-corrected chi connectivity index (χ0v) is 19.7. The molecule has 0 saturated carbocycles. The molecule has 2 aliphatic heterocycles. The van der Waals surface area contributed by atoms with E-state index in [1.165, 1.54) is 5.01 Å². The third-order valence-electron chi connectivity index (χ3n) is 6.05. The van der Waals surface area contributed by atoms with Crippen LogP contribution in [0.2, 0.25) is 0 Å². The lowest BCUT2D eigenvalue weighted by atomic mass is 9.83. The number of allylic oxidation sites excluding steroid dienone is 3. The number of rotatable bonds is 6. The van der Waals surface area contributed by atoms with Crippen LogP contribution in [0.15, 0.2) is 83.1 Å². The molecular formula is C25H27N3O4S. The number of fused-ring (bicyclic) bond motifs is 1. The summed E-state index contributed by atoms with van der Waals surface area (Å²) in [4.78, 5) is 15.1. The van der Waals surface area contributed by atoms with Crippen LogP contribution in [0.1, 0.15) is 32.8 Å². The van der Waals surface area contributed by atoms with Gasteiger partial charge in [-0.2, -0.15) is 18.5 Å². The Labute approximate surface area is 194 Å². The van der Waals surface area contributed by atoms with Crippen molar-refractivity contribution in [2.45, 2.75) is 32.6 Å². The highest BCUT2D eigenvalue weighted by molar-refractivity contribution is 7.85. The molecule has 2 aromatic rings. The molecule has 0 aromatic heterocycles. The first-order chi connectivity index (χ1) is 15.6. The minimum atomic E-state index is -4.04. The summed E-state index contributed by atoms with van der Waals surface area (Å²) in [5.74, 6) is -0.502. The molecule has 33 heavy (non-hydrogen) atoms. The van der Waals surface area contributed by atoms with E-state index in [0.29, 0.717) is 23.5 Å². The van der Waals surface area contributed by atoms with Crippen LogP contribution >= 0.6 is 0 Å². The van der Waals surface area contributed by atoms with Crippen LogP contribution in [0.5, 0.6) is 0 Å². The Morgan fingerprint density at radius 3 is 2.39 bits per heavy atom. The number of carbonyl (C=O) groups is 1. The van der Waals surface area contributed by atoms with Crippen molar-refractivity contribution in [3.8, 4) is 0 Å². The largest absolute Gasteiger partial charge is 0.344 e. The molecule has 4 rings (SSSR count). The van der Waals surface area contributed by atoms with Gasteiger partial charge >= 0.3 is 0 Å². The van der Waals surface area contributed by atoms with Crippen LogP contribution in [-0.2, 0) is 20.3 Å². The van der Waals surface area contributed by atoms with Crippen molar-refractivity contribution in [1.29, 1.82) is 0 Å². The Morgan fingerprint density at radius 1 is 1.03 bits per heavy atom. The van der Waals surface area contributed by atoms with Gasteiger partial charge < -0.3 is 4.90 Å². The number of hydrogen-bond acceptors (Lipinski definition) is 5. The fraction of sp³-hybridized carbons (Fsp3) is 0.280. The van der Waals surface area contributed by atoms with Crippen molar-refractivity contribution < 1.29 is 17.8 Å². The van der Waals surface area contributed by atoms with Crippen molar-refractivity contribution in [3.05, 3.63) is 83.6 Å². The summed E-state index contributed by atoms with van der Waals surface area (Å²) in [6.07, 6.45) is 4.00. The Bertz CT molecular complexity index is 1280. The van der Waals surface area contributed by atoms with Gasteiger partial charge in [-0.25, -0.2) is 0 Å². The summed E-state index contributed by atoms with van der Waals surface area (Å²) in [6, 6.07) is 17.3. The van der Waals surface area contributed by atoms with Gasteiger partial charge in [-0.3, -0.25) is 9.35 Å². The molecule has 0 atom stereocenters. The summed E-state index contributed by atoms with van der Waals surface area (Å²) in [5.41, 5.74) is 4.57. The predicted octanol–water partition coefficient (Wildman–Crippen LogP) is 4.30. The molecular weight excluding hydrogens is 438 g/mol. The molecule has 0 saturated heterocycles. The molecule has 172 valence electrons. The SMILES string of the molecule is CC1=NN(c2ccccc2)C(=O)/C1=C\C=C1\N(CCCS(=O)(=O)O)c2ccccc2C1(C)C. The van der Waals surface area contributed by atoms with Crippen LogP contribution in [0.25, 0.3) is 0 Å². The molecule has 0 unspecified atom stereocenters.